The molecule has 0 radical (unpaired) electrons. The molecule has 0 saturated carbocycles. The maximum atomic E-state index is 15.0. The quantitative estimate of drug-likeness (QED) is 0.0904. The number of piperazine rings is 1. The number of rotatable bonds is 18. The third-order valence-electron chi connectivity index (χ3n) is 16.9. The lowest BCUT2D eigenvalue weighted by atomic mass is 9.80. The summed E-state index contributed by atoms with van der Waals surface area (Å²) in [5.41, 5.74) is 2.65. The maximum absolute atomic E-state index is 15.0. The van der Waals surface area contributed by atoms with E-state index in [0.717, 1.165) is 36.3 Å². The zero-order valence-corrected chi connectivity index (χ0v) is 46.3. The summed E-state index contributed by atoms with van der Waals surface area (Å²) < 4.78 is 55.0. The number of nitrogens with zero attached hydrogens (tertiary/aromatic N) is 4. The first-order valence-corrected chi connectivity index (χ1v) is 27.9. The van der Waals surface area contributed by atoms with Crippen molar-refractivity contribution in [2.45, 2.75) is 102 Å². The summed E-state index contributed by atoms with van der Waals surface area (Å²) in [5.74, 6) is -6.01. The van der Waals surface area contributed by atoms with E-state index >= 15 is 0 Å². The fourth-order valence-electron chi connectivity index (χ4n) is 11.9. The van der Waals surface area contributed by atoms with Crippen molar-refractivity contribution in [2.75, 3.05) is 94.8 Å². The number of morpholine rings is 1. The molecule has 0 bridgehead atoms. The Morgan fingerprint density at radius 3 is 2.31 bits per heavy atom. The number of hydrogen-bond donors (Lipinski definition) is 5. The van der Waals surface area contributed by atoms with E-state index < -0.39 is 70.9 Å². The number of amides is 5. The summed E-state index contributed by atoms with van der Waals surface area (Å²) in [7, 11) is 1.65. The van der Waals surface area contributed by atoms with Crippen molar-refractivity contribution in [1.29, 1.82) is 0 Å². The highest BCUT2D eigenvalue weighted by atomic mass is 19.1. The van der Waals surface area contributed by atoms with Gasteiger partial charge in [0.05, 0.1) is 37.8 Å². The molecule has 0 aromatic heterocycles. The van der Waals surface area contributed by atoms with E-state index in [1.54, 1.807) is 56.1 Å². The molecule has 17 nitrogen and oxygen atoms in total. The first-order chi connectivity index (χ1) is 38.4. The van der Waals surface area contributed by atoms with Crippen LogP contribution < -0.4 is 31.5 Å². The first kappa shape index (κ1) is 58.1. The smallest absolute Gasteiger partial charge is 0.247 e. The molecule has 3 fully saturated rings. The van der Waals surface area contributed by atoms with Crippen LogP contribution in [0.3, 0.4) is 0 Å². The van der Waals surface area contributed by atoms with Gasteiger partial charge in [0.1, 0.15) is 35.0 Å². The number of para-hydroxylation sites is 1. The van der Waals surface area contributed by atoms with E-state index in [1.165, 1.54) is 23.1 Å². The van der Waals surface area contributed by atoms with Crippen LogP contribution in [0.5, 0.6) is 0 Å². The standard InChI is InChI=1S/C60H74F3N9O8/c1-36-30-70(46(28-65-36)32-69-19-22-80-34-37(69)2)33-55(75)72-35-60(4,48-16-11-40(24-51(48)72)23-39-9-13-44(61)14-10-39)59(78)66-29-54(74)67-45-15-12-42-26-52(57(76)68-56-49(62)7-6-8-50(56)63)71(31-43(42)25-45)58(77)47(27-53(73)38(3)64-5)41-17-20-79-21-18-41/h6-16,24-25,36-38,41,46-47,52,64-65H,17-23,26-35H2,1-5H3,(H,66,78)(H,67,74)(H,68,76)/t36-,37-,38+,46-,47+,52+,60?/m1/s1. The van der Waals surface area contributed by atoms with E-state index in [2.05, 4.69) is 50.2 Å². The minimum absolute atomic E-state index is 0.0216. The van der Waals surface area contributed by atoms with Gasteiger partial charge >= 0.3 is 0 Å². The SMILES string of the molecule is CN[C@@H](C)C(=O)C[C@H](C(=O)N1Cc2cc(NC(=O)CNC(=O)C3(C)CN(C(=O)CN4C[C@@H](C)NC[C@@H]4CN4CCOC[C@H]4C)c4cc(Cc5ccc(F)cc5)ccc43)ccc2C[C@H]1C(=O)Nc1c(F)cccc1F)C1CCOCC1. The summed E-state index contributed by atoms with van der Waals surface area (Å²) in [6.07, 6.45) is 1.35. The Morgan fingerprint density at radius 1 is 0.850 bits per heavy atom. The molecule has 3 saturated heterocycles. The number of hydrogen-bond acceptors (Lipinski definition) is 12. The van der Waals surface area contributed by atoms with Gasteiger partial charge in [-0.2, -0.15) is 0 Å². The molecule has 0 spiro atoms. The average Bonchev–Trinajstić information content (AvgIpc) is 3.76. The molecule has 80 heavy (non-hydrogen) atoms. The number of nitrogens with one attached hydrogen (secondary N) is 5. The molecule has 4 aromatic carbocycles. The molecule has 9 rings (SSSR count). The third kappa shape index (κ3) is 13.3. The molecular formula is C60H74F3N9O8. The second-order valence-electron chi connectivity index (χ2n) is 22.5. The van der Waals surface area contributed by atoms with Crippen molar-refractivity contribution in [3.63, 3.8) is 0 Å². The molecule has 5 heterocycles. The number of carbonyl (C=O) groups is 6. The number of ether oxygens (including phenoxy) is 2. The van der Waals surface area contributed by atoms with Gasteiger partial charge in [0.2, 0.25) is 29.5 Å². The molecule has 0 aliphatic carbocycles. The van der Waals surface area contributed by atoms with Crippen molar-refractivity contribution in [2.24, 2.45) is 11.8 Å². The largest absolute Gasteiger partial charge is 0.381 e. The van der Waals surface area contributed by atoms with Gasteiger partial charge in [0.25, 0.3) is 0 Å². The second kappa shape index (κ2) is 25.5. The van der Waals surface area contributed by atoms with E-state index in [4.69, 9.17) is 9.47 Å². The normalized spacial score (nSPS) is 23.4. The summed E-state index contributed by atoms with van der Waals surface area (Å²) in [4.78, 5) is 93.4. The number of anilines is 3. The zero-order valence-electron chi connectivity index (χ0n) is 46.3. The Morgan fingerprint density at radius 2 is 1.59 bits per heavy atom. The zero-order chi connectivity index (χ0) is 56.8. The van der Waals surface area contributed by atoms with Crippen LogP contribution in [0, 0.1) is 29.3 Å². The lowest BCUT2D eigenvalue weighted by Crippen LogP contribution is -2.62. The van der Waals surface area contributed by atoms with E-state index in [1.807, 2.05) is 18.2 Å². The average molecular weight is 1110 g/mol. The number of fused-ring (bicyclic) bond motifs is 2. The van der Waals surface area contributed by atoms with Crippen LogP contribution in [0.1, 0.15) is 74.8 Å². The number of likely N-dealkylation sites (N-methyl/N-ethyl adjacent to an activating group) is 1. The number of ketones is 1. The minimum Gasteiger partial charge on any atom is -0.381 e. The van der Waals surface area contributed by atoms with Gasteiger partial charge in [-0.3, -0.25) is 38.6 Å². The number of halogens is 3. The second-order valence-corrected chi connectivity index (χ2v) is 22.5. The van der Waals surface area contributed by atoms with Crippen molar-refractivity contribution >= 4 is 52.4 Å². The molecule has 7 atom stereocenters. The highest BCUT2D eigenvalue weighted by Crippen LogP contribution is 2.42. The molecule has 5 amide bonds. The van der Waals surface area contributed by atoms with Crippen LogP contribution in [0.2, 0.25) is 0 Å². The topological polar surface area (TPSA) is 194 Å². The summed E-state index contributed by atoms with van der Waals surface area (Å²) in [6, 6.07) is 18.9. The molecule has 1 unspecified atom stereocenters. The monoisotopic (exact) mass is 1110 g/mol. The molecule has 5 N–H and O–H groups in total. The lowest BCUT2D eigenvalue weighted by Gasteiger charge is -2.43. The van der Waals surface area contributed by atoms with Gasteiger partial charge in [-0.1, -0.05) is 36.4 Å². The van der Waals surface area contributed by atoms with Crippen LogP contribution in [-0.4, -0.2) is 160 Å². The van der Waals surface area contributed by atoms with Gasteiger partial charge in [-0.05, 0) is 130 Å². The Kier molecular flexibility index (Phi) is 18.5. The van der Waals surface area contributed by atoms with Gasteiger partial charge < -0.3 is 45.9 Å². The van der Waals surface area contributed by atoms with Gasteiger partial charge in [-0.25, -0.2) is 13.2 Å². The first-order valence-electron chi connectivity index (χ1n) is 27.9. The Balaban J connectivity index is 0.920. The van der Waals surface area contributed by atoms with E-state index in [-0.39, 0.29) is 74.0 Å². The highest BCUT2D eigenvalue weighted by Gasteiger charge is 2.48. The van der Waals surface area contributed by atoms with E-state index in [0.29, 0.717) is 86.8 Å². The van der Waals surface area contributed by atoms with Crippen molar-refractivity contribution in [3.8, 4) is 0 Å². The van der Waals surface area contributed by atoms with Crippen molar-refractivity contribution in [3.05, 3.63) is 124 Å². The van der Waals surface area contributed by atoms with Crippen LogP contribution in [0.15, 0.2) is 78.9 Å². The number of benzene rings is 4. The number of carbonyl (C=O) groups excluding carboxylic acids is 6. The summed E-state index contributed by atoms with van der Waals surface area (Å²) >= 11 is 0. The van der Waals surface area contributed by atoms with Crippen LogP contribution in [0.4, 0.5) is 30.2 Å². The lowest BCUT2D eigenvalue weighted by molar-refractivity contribution is -0.148. The molecular weight excluding hydrogens is 1030 g/mol. The molecule has 428 valence electrons. The molecule has 20 heteroatoms. The van der Waals surface area contributed by atoms with Gasteiger partial charge in [0, 0.05) is 101 Å². The molecule has 5 aliphatic heterocycles. The Bertz CT molecular complexity index is 2920. The molecule has 5 aliphatic rings. The van der Waals surface area contributed by atoms with Crippen LogP contribution >= 0.6 is 0 Å². The third-order valence-corrected chi connectivity index (χ3v) is 16.9. The Hall–Kier alpha value is -6.55. The fourth-order valence-corrected chi connectivity index (χ4v) is 11.9. The fraction of sp³-hybridized carbons (Fsp3) is 0.500. The summed E-state index contributed by atoms with van der Waals surface area (Å²) in [5, 5.41) is 14.6. The Labute approximate surface area is 465 Å². The number of Topliss-reactive ketones (excluding diaryl/α,β-unsaturated/α-hetero) is 1. The van der Waals surface area contributed by atoms with Crippen LogP contribution in [-0.2, 0) is 63.0 Å². The molecule has 4 aromatic rings. The van der Waals surface area contributed by atoms with Crippen molar-refractivity contribution < 1.29 is 51.4 Å². The summed E-state index contributed by atoms with van der Waals surface area (Å²) in [6.45, 7) is 12.3. The minimum atomic E-state index is -1.26. The van der Waals surface area contributed by atoms with Crippen LogP contribution in [0.25, 0.3) is 0 Å². The van der Waals surface area contributed by atoms with Gasteiger partial charge in [-0.15, -0.1) is 0 Å². The van der Waals surface area contributed by atoms with Gasteiger partial charge in [0.15, 0.2) is 0 Å². The van der Waals surface area contributed by atoms with E-state index in [9.17, 15) is 41.9 Å². The van der Waals surface area contributed by atoms with Crippen molar-refractivity contribution in [1.82, 2.24) is 30.7 Å². The maximum Gasteiger partial charge on any atom is 0.247 e. The highest BCUT2D eigenvalue weighted by molar-refractivity contribution is 6.04. The predicted molar refractivity (Wildman–Crippen MR) is 296 cm³/mol. The predicted octanol–water partition coefficient (Wildman–Crippen LogP) is 4.94.